The predicted octanol–water partition coefficient (Wildman–Crippen LogP) is 5.17. The summed E-state index contributed by atoms with van der Waals surface area (Å²) in [4.78, 5) is 27.3. The number of carbonyl (C=O) groups is 1. The van der Waals surface area contributed by atoms with Crippen molar-refractivity contribution in [2.24, 2.45) is 0 Å². The Morgan fingerprint density at radius 3 is 2.18 bits per heavy atom. The molecule has 12 nitrogen and oxygen atoms in total. The number of halogens is 3. The van der Waals surface area contributed by atoms with Crippen molar-refractivity contribution in [3.63, 3.8) is 0 Å². The molecule has 0 amide bonds. The lowest BCUT2D eigenvalue weighted by Crippen LogP contribution is -2.48. The monoisotopic (exact) mass is 777 g/mol. The van der Waals surface area contributed by atoms with Crippen LogP contribution in [0.4, 0.5) is 13.2 Å². The van der Waals surface area contributed by atoms with Gasteiger partial charge in [0.15, 0.2) is 0 Å². The van der Waals surface area contributed by atoms with Crippen molar-refractivity contribution >= 4 is 19.4 Å². The van der Waals surface area contributed by atoms with Gasteiger partial charge in [-0.1, -0.05) is 39.8 Å². The lowest BCUT2D eigenvalue weighted by molar-refractivity contribution is -0.163. The number of benzene rings is 2. The summed E-state index contributed by atoms with van der Waals surface area (Å²) in [7, 11) is 4.91. The highest BCUT2D eigenvalue weighted by molar-refractivity contribution is 6.30. The molecule has 4 atom stereocenters. The first-order valence-electron chi connectivity index (χ1n) is 18.6. The summed E-state index contributed by atoms with van der Waals surface area (Å²) in [6.45, 7) is 14.4. The van der Waals surface area contributed by atoms with Gasteiger partial charge in [-0.3, -0.25) is 14.6 Å². The third-order valence-electron chi connectivity index (χ3n) is 8.88. The standard InChI is InChI=1S/C30H41NO8.C5H2BF3N2O.2C2H6/c1-17-14-22(32)6-9-26(17)39-29-18(2)12-20(13-19(29)3)15-24(30(35)36)31-21-4-7-23(8-5-21)38-16-27-28(34)25(33)10-11-37-27;6-3-4(12)11-2(1-10-3)5(7,8)9;2*1-2/h6,9,12-14,21,23-25,27-28,31-34H,4-5,7-8,10-11,15-16H2,1-3H3,(H,35,36);1H,(H,11,12);2*1-2H3. The van der Waals surface area contributed by atoms with E-state index >= 15 is 0 Å². The van der Waals surface area contributed by atoms with Crippen LogP contribution in [-0.4, -0.2) is 93.9 Å². The second-order valence-corrected chi connectivity index (χ2v) is 12.9. The molecule has 1 aromatic heterocycles. The minimum Gasteiger partial charge on any atom is -0.508 e. The van der Waals surface area contributed by atoms with E-state index in [2.05, 4.69) is 10.3 Å². The molecule has 2 radical (unpaired) electrons. The highest BCUT2D eigenvalue weighted by Crippen LogP contribution is 2.33. The molecule has 1 saturated carbocycles. The Labute approximate surface area is 321 Å². The maximum absolute atomic E-state index is 12.1. The molecule has 2 aliphatic rings. The van der Waals surface area contributed by atoms with Crippen LogP contribution < -0.4 is 21.2 Å². The van der Waals surface area contributed by atoms with E-state index in [-0.39, 0.29) is 24.5 Å². The predicted molar refractivity (Wildman–Crippen MR) is 203 cm³/mol. The molecule has 2 fully saturated rings. The fraction of sp³-hybridized carbons (Fsp3) is 0.564. The van der Waals surface area contributed by atoms with Gasteiger partial charge in [-0.05, 0) is 99.7 Å². The Morgan fingerprint density at radius 2 is 1.64 bits per heavy atom. The van der Waals surface area contributed by atoms with Crippen molar-refractivity contribution < 1.29 is 52.6 Å². The number of aliphatic hydroxyl groups is 2. The molecule has 1 saturated heterocycles. The number of hydrogen-bond acceptors (Lipinski definition) is 10. The number of aromatic nitrogens is 2. The van der Waals surface area contributed by atoms with Crippen molar-refractivity contribution in [3.05, 3.63) is 74.8 Å². The minimum atomic E-state index is -4.60. The minimum absolute atomic E-state index is 0.0243. The van der Waals surface area contributed by atoms with Crippen molar-refractivity contribution in [2.45, 2.75) is 130 Å². The number of H-pyrrole nitrogens is 1. The van der Waals surface area contributed by atoms with Crippen LogP contribution in [0.15, 0.2) is 41.3 Å². The summed E-state index contributed by atoms with van der Waals surface area (Å²) in [6.07, 6.45) is -2.39. The average Bonchev–Trinajstić information content (AvgIpc) is 3.14. The Kier molecular flexibility index (Phi) is 19.4. The van der Waals surface area contributed by atoms with Gasteiger partial charge in [0.05, 0.1) is 30.6 Å². The molecule has 6 N–H and O–H groups in total. The molecule has 5 rings (SSSR count). The lowest BCUT2D eigenvalue weighted by atomic mass is 9.91. The molecule has 55 heavy (non-hydrogen) atoms. The quantitative estimate of drug-likeness (QED) is 0.150. The molecule has 1 aliphatic carbocycles. The Hall–Kier alpha value is -3.96. The first-order valence-corrected chi connectivity index (χ1v) is 18.6. The van der Waals surface area contributed by atoms with Gasteiger partial charge in [0.25, 0.3) is 5.56 Å². The van der Waals surface area contributed by atoms with Crippen LogP contribution in [-0.2, 0) is 26.9 Å². The maximum atomic E-state index is 12.1. The summed E-state index contributed by atoms with van der Waals surface area (Å²) in [5.74, 6) is 0.694. The molecular formula is C39H55BF3N3O9. The summed E-state index contributed by atoms with van der Waals surface area (Å²) in [5, 5.41) is 42.8. The van der Waals surface area contributed by atoms with E-state index in [0.717, 1.165) is 53.7 Å². The number of phenolic OH excluding ortho intramolecular Hbond substituents is 1. The number of rotatable bonds is 10. The third-order valence-corrected chi connectivity index (χ3v) is 8.88. The summed E-state index contributed by atoms with van der Waals surface area (Å²) in [5.41, 5.74) is 0.851. The van der Waals surface area contributed by atoms with Gasteiger partial charge in [0, 0.05) is 12.6 Å². The van der Waals surface area contributed by atoms with E-state index in [9.17, 15) is 43.2 Å². The van der Waals surface area contributed by atoms with Gasteiger partial charge in [-0.2, -0.15) is 13.2 Å². The number of aliphatic hydroxyl groups excluding tert-OH is 2. The fourth-order valence-corrected chi connectivity index (χ4v) is 6.10. The molecule has 2 aromatic carbocycles. The molecule has 4 unspecified atom stereocenters. The largest absolute Gasteiger partial charge is 0.508 e. The second kappa shape index (κ2) is 22.6. The number of aryl methyl sites for hydroxylation is 3. The number of phenols is 1. The van der Waals surface area contributed by atoms with Gasteiger partial charge in [-0.15, -0.1) is 0 Å². The Bertz CT molecular complexity index is 1680. The van der Waals surface area contributed by atoms with E-state index in [0.29, 0.717) is 31.4 Å². The van der Waals surface area contributed by atoms with E-state index in [1.165, 1.54) is 0 Å². The molecule has 2 heterocycles. The highest BCUT2D eigenvalue weighted by Gasteiger charge is 2.34. The van der Waals surface area contributed by atoms with Crippen molar-refractivity contribution in [1.82, 2.24) is 15.3 Å². The van der Waals surface area contributed by atoms with Crippen molar-refractivity contribution in [3.8, 4) is 17.2 Å². The van der Waals surface area contributed by atoms with Gasteiger partial charge in [0.2, 0.25) is 0 Å². The SMILES string of the molecule is CC.CC.Cc1cc(O)ccc1Oc1c(C)cc(CC(NC2CCC(OCC3OCCC(O)C3O)CC2)C(=O)O)cc1C.[B]c1ncc(C(F)(F)F)[nH]c1=O. The van der Waals surface area contributed by atoms with Crippen LogP contribution in [0.2, 0.25) is 0 Å². The number of nitrogens with zero attached hydrogens (tertiary/aromatic N) is 1. The summed E-state index contributed by atoms with van der Waals surface area (Å²) < 4.78 is 53.2. The summed E-state index contributed by atoms with van der Waals surface area (Å²) >= 11 is 0. The van der Waals surface area contributed by atoms with Crippen LogP contribution in [0, 0.1) is 20.8 Å². The number of aromatic amines is 1. The van der Waals surface area contributed by atoms with Gasteiger partial charge >= 0.3 is 12.1 Å². The van der Waals surface area contributed by atoms with E-state index in [1.54, 1.807) is 23.2 Å². The van der Waals surface area contributed by atoms with Gasteiger partial charge in [-0.25, -0.2) is 0 Å². The number of carboxylic acid groups (broad SMARTS) is 1. The van der Waals surface area contributed by atoms with Crippen molar-refractivity contribution in [2.75, 3.05) is 13.2 Å². The zero-order valence-corrected chi connectivity index (χ0v) is 32.6. The van der Waals surface area contributed by atoms with E-state index in [4.69, 9.17) is 22.1 Å². The van der Waals surface area contributed by atoms with Crippen molar-refractivity contribution in [1.29, 1.82) is 0 Å². The number of alkyl halides is 3. The zero-order chi connectivity index (χ0) is 41.5. The van der Waals surface area contributed by atoms with Gasteiger partial charge < -0.3 is 44.9 Å². The normalized spacial score (nSPS) is 21.3. The van der Waals surface area contributed by atoms with Crippen LogP contribution in [0.3, 0.4) is 0 Å². The molecule has 304 valence electrons. The number of carboxylic acids is 1. The average molecular weight is 778 g/mol. The first-order chi connectivity index (χ1) is 26.0. The van der Waals surface area contributed by atoms with E-state index < -0.39 is 53.3 Å². The zero-order valence-electron chi connectivity index (χ0n) is 32.6. The number of nitrogens with one attached hydrogen (secondary N) is 2. The van der Waals surface area contributed by atoms with Crippen LogP contribution in [0.25, 0.3) is 0 Å². The molecule has 0 bridgehead atoms. The second-order valence-electron chi connectivity index (χ2n) is 12.9. The van der Waals surface area contributed by atoms with Crippen LogP contribution in [0.1, 0.15) is 87.7 Å². The van der Waals surface area contributed by atoms with Crippen LogP contribution >= 0.6 is 0 Å². The molecular weight excluding hydrogens is 722 g/mol. The molecule has 1 aliphatic heterocycles. The molecule has 16 heteroatoms. The lowest BCUT2D eigenvalue weighted by Gasteiger charge is -2.35. The Balaban J connectivity index is 0.000000549. The number of aromatic hydroxyl groups is 1. The molecule has 3 aromatic rings. The number of ether oxygens (including phenoxy) is 3. The molecule has 0 spiro atoms. The smallest absolute Gasteiger partial charge is 0.432 e. The fourth-order valence-electron chi connectivity index (χ4n) is 6.10. The van der Waals surface area contributed by atoms with Crippen LogP contribution in [0.5, 0.6) is 17.2 Å². The topological polar surface area (TPSA) is 183 Å². The Morgan fingerprint density at radius 1 is 1.02 bits per heavy atom. The first kappa shape index (κ1) is 47.2. The summed E-state index contributed by atoms with van der Waals surface area (Å²) in [6, 6.07) is 8.27. The number of hydrogen-bond donors (Lipinski definition) is 6. The maximum Gasteiger partial charge on any atom is 0.432 e. The highest BCUT2D eigenvalue weighted by atomic mass is 19.4. The van der Waals surface area contributed by atoms with Gasteiger partial charge in [0.1, 0.15) is 49.0 Å². The van der Waals surface area contributed by atoms with E-state index in [1.807, 2.05) is 60.6 Å². The third kappa shape index (κ3) is 14.6. The number of aliphatic carboxylic acids is 1.